The van der Waals surface area contributed by atoms with Crippen LogP contribution in [0.4, 0.5) is 0 Å². The molecular weight excluding hydrogens is 377 g/mol. The van der Waals surface area contributed by atoms with Gasteiger partial charge in [0.1, 0.15) is 0 Å². The molecule has 1 amide bonds. The second-order valence-corrected chi connectivity index (χ2v) is 6.78. The Morgan fingerprint density at radius 2 is 2.00 bits per heavy atom. The van der Waals surface area contributed by atoms with Crippen LogP contribution in [-0.2, 0) is 16.1 Å². The minimum absolute atomic E-state index is 0. The van der Waals surface area contributed by atoms with Gasteiger partial charge in [-0.1, -0.05) is 0 Å². The Labute approximate surface area is 168 Å². The van der Waals surface area contributed by atoms with E-state index >= 15 is 0 Å². The average Bonchev–Trinajstić information content (AvgIpc) is 2.91. The molecule has 0 saturated carbocycles. The standard InChI is InChI=1S/C17H29N5O2.2ClH/c1-14-11-15(2)22(19-14)13-16-12-20(9-10-24-16)6-3-17(23)21-7-4-18-5-8-21;;/h11,16,18H,3-10,12-13H2,1-2H3;2*1H. The lowest BCUT2D eigenvalue weighted by Gasteiger charge is -2.34. The Morgan fingerprint density at radius 1 is 1.27 bits per heavy atom. The van der Waals surface area contributed by atoms with Crippen LogP contribution >= 0.6 is 24.8 Å². The number of nitrogens with one attached hydrogen (secondary N) is 1. The van der Waals surface area contributed by atoms with Crippen LogP contribution in [0.3, 0.4) is 0 Å². The third kappa shape index (κ3) is 6.39. The van der Waals surface area contributed by atoms with Crippen LogP contribution in [0, 0.1) is 13.8 Å². The van der Waals surface area contributed by atoms with Crippen LogP contribution in [-0.4, -0.2) is 84.0 Å². The van der Waals surface area contributed by atoms with E-state index in [0.717, 1.165) is 64.7 Å². The fourth-order valence-corrected chi connectivity index (χ4v) is 3.47. The number of halogens is 2. The Balaban J connectivity index is 0.00000169. The summed E-state index contributed by atoms with van der Waals surface area (Å²) in [5.41, 5.74) is 2.21. The van der Waals surface area contributed by atoms with Gasteiger partial charge in [-0.25, -0.2) is 0 Å². The largest absolute Gasteiger partial charge is 0.374 e. The maximum atomic E-state index is 12.3. The SMILES string of the molecule is Cc1cc(C)n(CC2CN(CCC(=O)N3CCNCC3)CCO2)n1.Cl.Cl. The molecule has 1 N–H and O–H groups in total. The molecule has 2 aliphatic heterocycles. The van der Waals surface area contributed by atoms with Crippen molar-refractivity contribution in [2.45, 2.75) is 32.9 Å². The smallest absolute Gasteiger partial charge is 0.223 e. The number of morpholine rings is 1. The fraction of sp³-hybridized carbons (Fsp3) is 0.765. The van der Waals surface area contributed by atoms with Crippen molar-refractivity contribution in [1.82, 2.24) is 24.9 Å². The Morgan fingerprint density at radius 3 is 2.65 bits per heavy atom. The molecule has 1 unspecified atom stereocenters. The summed E-state index contributed by atoms with van der Waals surface area (Å²) in [5.74, 6) is 0.276. The minimum atomic E-state index is 0. The number of carbonyl (C=O) groups excluding carboxylic acids is 1. The predicted molar refractivity (Wildman–Crippen MR) is 106 cm³/mol. The number of rotatable bonds is 5. The van der Waals surface area contributed by atoms with Crippen molar-refractivity contribution < 1.29 is 9.53 Å². The molecule has 0 radical (unpaired) electrons. The first kappa shape index (κ1) is 23.2. The monoisotopic (exact) mass is 407 g/mol. The van der Waals surface area contributed by atoms with Crippen molar-refractivity contribution in [2.75, 3.05) is 52.4 Å². The summed E-state index contributed by atoms with van der Waals surface area (Å²) in [6.07, 6.45) is 0.748. The number of piperazine rings is 1. The number of ether oxygens (including phenoxy) is 1. The maximum Gasteiger partial charge on any atom is 0.223 e. The number of nitrogens with zero attached hydrogens (tertiary/aromatic N) is 4. The number of aryl methyl sites for hydroxylation is 2. The number of aromatic nitrogens is 2. The van der Waals surface area contributed by atoms with Crippen LogP contribution in [0.25, 0.3) is 0 Å². The van der Waals surface area contributed by atoms with Crippen molar-refractivity contribution in [3.63, 3.8) is 0 Å². The number of carbonyl (C=O) groups is 1. The van der Waals surface area contributed by atoms with E-state index < -0.39 is 0 Å². The van der Waals surface area contributed by atoms with Crippen LogP contribution < -0.4 is 5.32 Å². The normalized spacial score (nSPS) is 21.0. The highest BCUT2D eigenvalue weighted by molar-refractivity contribution is 5.85. The van der Waals surface area contributed by atoms with Gasteiger partial charge in [0.2, 0.25) is 5.91 Å². The molecule has 9 heteroatoms. The molecule has 26 heavy (non-hydrogen) atoms. The van der Waals surface area contributed by atoms with E-state index in [0.29, 0.717) is 6.42 Å². The van der Waals surface area contributed by atoms with Crippen molar-refractivity contribution >= 4 is 30.7 Å². The van der Waals surface area contributed by atoms with E-state index in [1.54, 1.807) is 0 Å². The number of hydrogen-bond acceptors (Lipinski definition) is 5. The summed E-state index contributed by atoms with van der Waals surface area (Å²) in [6, 6.07) is 2.09. The summed E-state index contributed by atoms with van der Waals surface area (Å²) >= 11 is 0. The van der Waals surface area contributed by atoms with Gasteiger partial charge in [-0.2, -0.15) is 5.10 Å². The fourth-order valence-electron chi connectivity index (χ4n) is 3.47. The second kappa shape index (κ2) is 11.1. The van der Waals surface area contributed by atoms with Gasteiger partial charge in [0.25, 0.3) is 0 Å². The van der Waals surface area contributed by atoms with Crippen LogP contribution in [0.1, 0.15) is 17.8 Å². The Bertz CT molecular complexity index is 563. The van der Waals surface area contributed by atoms with Gasteiger partial charge in [-0.05, 0) is 19.9 Å². The summed E-state index contributed by atoms with van der Waals surface area (Å²) in [6.45, 7) is 11.7. The quantitative estimate of drug-likeness (QED) is 0.784. The number of hydrogen-bond donors (Lipinski definition) is 1. The van der Waals surface area contributed by atoms with Crippen molar-refractivity contribution in [1.29, 1.82) is 0 Å². The first-order valence-corrected chi connectivity index (χ1v) is 8.95. The van der Waals surface area contributed by atoms with Crippen molar-refractivity contribution in [2.24, 2.45) is 0 Å². The van der Waals surface area contributed by atoms with Gasteiger partial charge in [-0.3, -0.25) is 14.4 Å². The highest BCUT2D eigenvalue weighted by atomic mass is 35.5. The second-order valence-electron chi connectivity index (χ2n) is 6.78. The van der Waals surface area contributed by atoms with E-state index in [4.69, 9.17) is 4.74 Å². The van der Waals surface area contributed by atoms with E-state index in [9.17, 15) is 4.79 Å². The summed E-state index contributed by atoms with van der Waals surface area (Å²) in [4.78, 5) is 16.6. The first-order chi connectivity index (χ1) is 11.6. The molecule has 150 valence electrons. The molecule has 2 aliphatic rings. The topological polar surface area (TPSA) is 62.6 Å². The van der Waals surface area contributed by atoms with Gasteiger partial charge >= 0.3 is 0 Å². The van der Waals surface area contributed by atoms with Crippen LogP contribution in [0.2, 0.25) is 0 Å². The van der Waals surface area contributed by atoms with Crippen molar-refractivity contribution in [3.8, 4) is 0 Å². The van der Waals surface area contributed by atoms with E-state index in [-0.39, 0.29) is 36.8 Å². The molecule has 1 atom stereocenters. The lowest BCUT2D eigenvalue weighted by atomic mass is 10.2. The molecule has 0 aromatic carbocycles. The lowest BCUT2D eigenvalue weighted by Crippen LogP contribution is -2.48. The molecule has 1 aromatic heterocycles. The molecule has 2 fully saturated rings. The van der Waals surface area contributed by atoms with Gasteiger partial charge in [0.15, 0.2) is 0 Å². The molecule has 0 spiro atoms. The molecule has 0 bridgehead atoms. The third-order valence-electron chi connectivity index (χ3n) is 4.81. The summed E-state index contributed by atoms with van der Waals surface area (Å²) in [5, 5.41) is 7.80. The average molecular weight is 408 g/mol. The van der Waals surface area contributed by atoms with Crippen molar-refractivity contribution in [3.05, 3.63) is 17.5 Å². The minimum Gasteiger partial charge on any atom is -0.374 e. The molecule has 0 aliphatic carbocycles. The highest BCUT2D eigenvalue weighted by Gasteiger charge is 2.23. The zero-order valence-corrected chi connectivity index (χ0v) is 17.3. The van der Waals surface area contributed by atoms with E-state index in [2.05, 4.69) is 28.3 Å². The lowest BCUT2D eigenvalue weighted by molar-refractivity contribution is -0.132. The van der Waals surface area contributed by atoms with Gasteiger partial charge in [0.05, 0.1) is 24.9 Å². The van der Waals surface area contributed by atoms with Gasteiger partial charge < -0.3 is 15.0 Å². The molecule has 1 aromatic rings. The maximum absolute atomic E-state index is 12.3. The number of amides is 1. The van der Waals surface area contributed by atoms with E-state index in [1.165, 1.54) is 5.69 Å². The zero-order chi connectivity index (χ0) is 16.9. The van der Waals surface area contributed by atoms with Crippen LogP contribution in [0.15, 0.2) is 6.07 Å². The Hall–Kier alpha value is -0.860. The summed E-state index contributed by atoms with van der Waals surface area (Å²) < 4.78 is 7.92. The molecular formula is C17H31Cl2N5O2. The predicted octanol–water partition coefficient (Wildman–Crippen LogP) is 0.866. The van der Waals surface area contributed by atoms with Gasteiger partial charge in [0, 0.05) is 57.9 Å². The first-order valence-electron chi connectivity index (χ1n) is 8.95. The zero-order valence-electron chi connectivity index (χ0n) is 15.6. The third-order valence-corrected chi connectivity index (χ3v) is 4.81. The molecule has 7 nitrogen and oxygen atoms in total. The Kier molecular flexibility index (Phi) is 9.89. The summed E-state index contributed by atoms with van der Waals surface area (Å²) in [7, 11) is 0. The molecule has 3 heterocycles. The molecule has 2 saturated heterocycles. The van der Waals surface area contributed by atoms with Crippen LogP contribution in [0.5, 0.6) is 0 Å². The molecule has 3 rings (SSSR count). The van der Waals surface area contributed by atoms with E-state index in [1.807, 2.05) is 16.5 Å². The highest BCUT2D eigenvalue weighted by Crippen LogP contribution is 2.11. The van der Waals surface area contributed by atoms with Gasteiger partial charge in [-0.15, -0.1) is 24.8 Å².